The van der Waals surface area contributed by atoms with E-state index in [1.54, 1.807) is 19.2 Å². The Morgan fingerprint density at radius 2 is 2.30 bits per heavy atom. The molecule has 7 nitrogen and oxygen atoms in total. The summed E-state index contributed by atoms with van der Waals surface area (Å²) >= 11 is 6.04. The maximum Gasteiger partial charge on any atom is 0.274 e. The van der Waals surface area contributed by atoms with Crippen molar-refractivity contribution < 1.29 is 4.79 Å². The van der Waals surface area contributed by atoms with Crippen LogP contribution in [0.5, 0.6) is 0 Å². The van der Waals surface area contributed by atoms with Crippen molar-refractivity contribution in [3.05, 3.63) is 35.0 Å². The second kappa shape index (κ2) is 6.33. The molecule has 0 saturated carbocycles. The highest BCUT2D eigenvalue weighted by Gasteiger charge is 2.18. The van der Waals surface area contributed by atoms with Gasteiger partial charge in [-0.05, 0) is 19.1 Å². The third-order valence-corrected chi connectivity index (χ3v) is 2.91. The van der Waals surface area contributed by atoms with Gasteiger partial charge < -0.3 is 10.2 Å². The number of anilines is 1. The monoisotopic (exact) mass is 294 g/mol. The lowest BCUT2D eigenvalue weighted by molar-refractivity contribution is 0.0776. The van der Waals surface area contributed by atoms with Crippen LogP contribution in [0.3, 0.4) is 0 Å². The Bertz CT molecular complexity index is 586. The smallest absolute Gasteiger partial charge is 0.274 e. The molecule has 0 bridgehead atoms. The van der Waals surface area contributed by atoms with Gasteiger partial charge in [0.2, 0.25) is 0 Å². The lowest BCUT2D eigenvalue weighted by Gasteiger charge is -2.16. The molecule has 0 aliphatic heterocycles. The van der Waals surface area contributed by atoms with Crippen molar-refractivity contribution in [3.63, 3.8) is 0 Å². The van der Waals surface area contributed by atoms with Gasteiger partial charge in [0.05, 0.1) is 11.6 Å². The molecule has 0 spiro atoms. The van der Waals surface area contributed by atoms with E-state index in [0.717, 1.165) is 6.54 Å². The number of hydrogen-bond acceptors (Lipinski definition) is 5. The summed E-state index contributed by atoms with van der Waals surface area (Å²) in [6, 6.07) is 3.39. The Morgan fingerprint density at radius 3 is 2.95 bits per heavy atom. The average molecular weight is 295 g/mol. The molecular weight excluding hydrogens is 280 g/mol. The third kappa shape index (κ3) is 3.24. The van der Waals surface area contributed by atoms with E-state index in [0.29, 0.717) is 23.2 Å². The van der Waals surface area contributed by atoms with Gasteiger partial charge in [0.1, 0.15) is 23.7 Å². The van der Waals surface area contributed by atoms with Gasteiger partial charge in [-0.25, -0.2) is 9.97 Å². The van der Waals surface area contributed by atoms with Crippen molar-refractivity contribution in [2.24, 2.45) is 0 Å². The van der Waals surface area contributed by atoms with Crippen LogP contribution in [0.2, 0.25) is 5.02 Å². The second-order valence-corrected chi connectivity index (χ2v) is 4.56. The zero-order valence-corrected chi connectivity index (χ0v) is 12.0. The molecule has 2 aromatic rings. The number of halogens is 1. The first kappa shape index (κ1) is 14.3. The summed E-state index contributed by atoms with van der Waals surface area (Å²) in [4.78, 5) is 22.0. The van der Waals surface area contributed by atoms with Crippen molar-refractivity contribution in [2.45, 2.75) is 13.5 Å². The highest BCUT2D eigenvalue weighted by Crippen LogP contribution is 2.18. The topological polar surface area (TPSA) is 86.8 Å². The summed E-state index contributed by atoms with van der Waals surface area (Å²) in [7, 11) is 1.66. The zero-order chi connectivity index (χ0) is 14.5. The van der Waals surface area contributed by atoms with Crippen LogP contribution in [-0.2, 0) is 6.54 Å². The summed E-state index contributed by atoms with van der Waals surface area (Å²) in [6.07, 6.45) is 1.39. The number of H-pyrrole nitrogens is 1. The van der Waals surface area contributed by atoms with Crippen LogP contribution in [0, 0.1) is 0 Å². The molecule has 0 aliphatic carbocycles. The zero-order valence-electron chi connectivity index (χ0n) is 11.2. The lowest BCUT2D eigenvalue weighted by Crippen LogP contribution is -2.28. The van der Waals surface area contributed by atoms with Crippen molar-refractivity contribution >= 4 is 23.3 Å². The number of rotatable bonds is 5. The minimum atomic E-state index is -0.272. The number of aromatic nitrogens is 4. The Labute approximate surface area is 121 Å². The normalized spacial score (nSPS) is 10.3. The van der Waals surface area contributed by atoms with Crippen LogP contribution >= 0.6 is 11.6 Å². The van der Waals surface area contributed by atoms with E-state index < -0.39 is 0 Å². The summed E-state index contributed by atoms with van der Waals surface area (Å²) in [6.45, 7) is 2.98. The Kier molecular flexibility index (Phi) is 4.52. The molecule has 2 N–H and O–H groups in total. The van der Waals surface area contributed by atoms with Crippen LogP contribution in [0.4, 0.5) is 5.82 Å². The molecule has 106 valence electrons. The largest absolute Gasteiger partial charge is 0.370 e. The van der Waals surface area contributed by atoms with Gasteiger partial charge >= 0.3 is 0 Å². The number of pyridine rings is 1. The van der Waals surface area contributed by atoms with Crippen LogP contribution in [0.25, 0.3) is 0 Å². The maximum absolute atomic E-state index is 12.3. The molecule has 2 rings (SSSR count). The SMILES string of the molecule is CCNc1ccc(Cl)c(C(=O)N(C)Cc2ncn[nH]2)n1. The number of carbonyl (C=O) groups excluding carboxylic acids is 1. The van der Waals surface area contributed by atoms with Gasteiger partial charge in [-0.2, -0.15) is 5.10 Å². The fourth-order valence-electron chi connectivity index (χ4n) is 1.66. The molecule has 8 heteroatoms. The molecule has 2 aromatic heterocycles. The quantitative estimate of drug-likeness (QED) is 0.874. The van der Waals surface area contributed by atoms with Gasteiger partial charge in [-0.1, -0.05) is 11.6 Å². The predicted octanol–water partition coefficient (Wildman–Crippen LogP) is 1.56. The first-order chi connectivity index (χ1) is 9.61. The molecule has 1 amide bonds. The highest BCUT2D eigenvalue weighted by molar-refractivity contribution is 6.33. The van der Waals surface area contributed by atoms with E-state index in [2.05, 4.69) is 25.5 Å². The minimum Gasteiger partial charge on any atom is -0.370 e. The molecule has 0 aromatic carbocycles. The fourth-order valence-corrected chi connectivity index (χ4v) is 1.84. The van der Waals surface area contributed by atoms with Gasteiger partial charge in [0.25, 0.3) is 5.91 Å². The number of hydrogen-bond donors (Lipinski definition) is 2. The standard InChI is InChI=1S/C12H15ClN6O/c1-3-14-9-5-4-8(13)11(17-9)12(20)19(2)6-10-15-7-16-18-10/h4-5,7H,3,6H2,1-2H3,(H,14,17)(H,15,16,18). The summed E-state index contributed by atoms with van der Waals surface area (Å²) in [5.41, 5.74) is 0.215. The lowest BCUT2D eigenvalue weighted by atomic mass is 10.3. The predicted molar refractivity (Wildman–Crippen MR) is 75.6 cm³/mol. The van der Waals surface area contributed by atoms with Crippen LogP contribution in [0.1, 0.15) is 23.2 Å². The van der Waals surface area contributed by atoms with Crippen LogP contribution < -0.4 is 5.32 Å². The summed E-state index contributed by atoms with van der Waals surface area (Å²) < 4.78 is 0. The minimum absolute atomic E-state index is 0.215. The van der Waals surface area contributed by atoms with Gasteiger partial charge in [0, 0.05) is 13.6 Å². The molecule has 0 aliphatic rings. The molecule has 0 fully saturated rings. The Balaban J connectivity index is 2.17. The van der Waals surface area contributed by atoms with Crippen molar-refractivity contribution in [2.75, 3.05) is 18.9 Å². The average Bonchev–Trinajstić information content (AvgIpc) is 2.93. The summed E-state index contributed by atoms with van der Waals surface area (Å²) in [5.74, 6) is 0.944. The number of carbonyl (C=O) groups is 1. The Morgan fingerprint density at radius 1 is 1.50 bits per heavy atom. The van der Waals surface area contributed by atoms with Crippen LogP contribution in [-0.4, -0.2) is 44.6 Å². The van der Waals surface area contributed by atoms with Crippen molar-refractivity contribution in [1.82, 2.24) is 25.1 Å². The number of nitrogens with zero attached hydrogens (tertiary/aromatic N) is 4. The molecule has 0 radical (unpaired) electrons. The van der Waals surface area contributed by atoms with E-state index in [1.165, 1.54) is 11.2 Å². The van der Waals surface area contributed by atoms with E-state index in [1.807, 2.05) is 6.92 Å². The molecule has 2 heterocycles. The van der Waals surface area contributed by atoms with Crippen LogP contribution in [0.15, 0.2) is 18.5 Å². The third-order valence-electron chi connectivity index (χ3n) is 2.61. The fraction of sp³-hybridized carbons (Fsp3) is 0.333. The number of nitrogens with one attached hydrogen (secondary N) is 2. The van der Waals surface area contributed by atoms with Gasteiger partial charge in [0.15, 0.2) is 0 Å². The number of amides is 1. The van der Waals surface area contributed by atoms with Crippen molar-refractivity contribution in [3.8, 4) is 0 Å². The first-order valence-electron chi connectivity index (χ1n) is 6.12. The van der Waals surface area contributed by atoms with E-state index in [-0.39, 0.29) is 11.6 Å². The van der Waals surface area contributed by atoms with Gasteiger partial charge in [-0.3, -0.25) is 9.89 Å². The maximum atomic E-state index is 12.3. The molecule has 0 unspecified atom stereocenters. The summed E-state index contributed by atoms with van der Waals surface area (Å²) in [5, 5.41) is 9.80. The highest BCUT2D eigenvalue weighted by atomic mass is 35.5. The molecule has 0 atom stereocenters. The number of aromatic amines is 1. The molecule has 0 saturated heterocycles. The van der Waals surface area contributed by atoms with Crippen molar-refractivity contribution in [1.29, 1.82) is 0 Å². The van der Waals surface area contributed by atoms with E-state index in [9.17, 15) is 4.79 Å². The Hall–Kier alpha value is -2.15. The van der Waals surface area contributed by atoms with E-state index >= 15 is 0 Å². The molecule has 20 heavy (non-hydrogen) atoms. The molecular formula is C12H15ClN6O. The first-order valence-corrected chi connectivity index (χ1v) is 6.49. The van der Waals surface area contributed by atoms with Gasteiger partial charge in [-0.15, -0.1) is 0 Å². The van der Waals surface area contributed by atoms with E-state index in [4.69, 9.17) is 11.6 Å². The second-order valence-electron chi connectivity index (χ2n) is 4.15.